The summed E-state index contributed by atoms with van der Waals surface area (Å²) in [5.41, 5.74) is 2.98. The van der Waals surface area contributed by atoms with Gasteiger partial charge in [0.25, 0.3) is 0 Å². The van der Waals surface area contributed by atoms with E-state index in [9.17, 15) is 5.11 Å². The second-order valence-electron chi connectivity index (χ2n) is 7.12. The molecule has 2 nitrogen and oxygen atoms in total. The van der Waals surface area contributed by atoms with Crippen molar-refractivity contribution in [2.75, 3.05) is 13.2 Å². The van der Waals surface area contributed by atoms with Crippen LogP contribution in [-0.4, -0.2) is 24.3 Å². The van der Waals surface area contributed by atoms with Gasteiger partial charge in [-0.25, -0.2) is 0 Å². The van der Waals surface area contributed by atoms with Crippen LogP contribution in [0, 0.1) is 18.8 Å². The third kappa shape index (κ3) is 3.49. The third-order valence-electron chi connectivity index (χ3n) is 5.74. The molecule has 2 N–H and O–H groups in total. The van der Waals surface area contributed by atoms with Gasteiger partial charge >= 0.3 is 0 Å². The molecule has 0 spiro atoms. The van der Waals surface area contributed by atoms with Gasteiger partial charge in [0.2, 0.25) is 0 Å². The largest absolute Gasteiger partial charge is 0.396 e. The first-order valence-electron chi connectivity index (χ1n) is 8.67. The summed E-state index contributed by atoms with van der Waals surface area (Å²) in [4.78, 5) is 0. The highest BCUT2D eigenvalue weighted by Gasteiger charge is 2.32. The lowest BCUT2D eigenvalue weighted by Gasteiger charge is -2.39. The lowest BCUT2D eigenvalue weighted by atomic mass is 9.74. The van der Waals surface area contributed by atoms with E-state index in [2.05, 4.69) is 36.5 Å². The molecule has 21 heavy (non-hydrogen) atoms. The van der Waals surface area contributed by atoms with E-state index in [4.69, 9.17) is 0 Å². The summed E-state index contributed by atoms with van der Waals surface area (Å²) in [5, 5.41) is 13.3. The summed E-state index contributed by atoms with van der Waals surface area (Å²) in [7, 11) is 0. The van der Waals surface area contributed by atoms with Crippen LogP contribution >= 0.6 is 0 Å². The first-order chi connectivity index (χ1) is 10.3. The molecule has 0 aromatic heterocycles. The molecule has 0 heterocycles. The van der Waals surface area contributed by atoms with E-state index in [-0.39, 0.29) is 0 Å². The standard InChI is InChI=1S/C19H29NO/c1-14-6-2-5-9-19(14)17-10-18(11-17)20-12-15-7-3-4-8-16(15)13-21/h2,5-6,9,15-18,20-21H,3-4,7-8,10-13H2,1H3. The fourth-order valence-corrected chi connectivity index (χ4v) is 4.19. The summed E-state index contributed by atoms with van der Waals surface area (Å²) < 4.78 is 0. The fourth-order valence-electron chi connectivity index (χ4n) is 4.19. The minimum atomic E-state index is 0.378. The van der Waals surface area contributed by atoms with Crippen LogP contribution < -0.4 is 5.32 Å². The topological polar surface area (TPSA) is 32.3 Å². The molecule has 0 saturated heterocycles. The van der Waals surface area contributed by atoms with Gasteiger partial charge in [0.15, 0.2) is 0 Å². The van der Waals surface area contributed by atoms with E-state index < -0.39 is 0 Å². The molecule has 0 aliphatic heterocycles. The van der Waals surface area contributed by atoms with Gasteiger partial charge in [0, 0.05) is 12.6 Å². The molecule has 1 aromatic rings. The minimum Gasteiger partial charge on any atom is -0.396 e. The SMILES string of the molecule is Cc1ccccc1C1CC(NCC2CCCCC2CO)C1. The molecule has 0 amide bonds. The summed E-state index contributed by atoms with van der Waals surface area (Å²) in [6, 6.07) is 9.50. The Hall–Kier alpha value is -0.860. The second-order valence-corrected chi connectivity index (χ2v) is 7.12. The van der Waals surface area contributed by atoms with Crippen LogP contribution in [0.4, 0.5) is 0 Å². The molecule has 2 heteroatoms. The van der Waals surface area contributed by atoms with Crippen molar-refractivity contribution >= 4 is 0 Å². The maximum Gasteiger partial charge on any atom is 0.0462 e. The summed E-state index contributed by atoms with van der Waals surface area (Å²) >= 11 is 0. The van der Waals surface area contributed by atoms with E-state index in [0.717, 1.165) is 12.5 Å². The number of aliphatic hydroxyl groups is 1. The van der Waals surface area contributed by atoms with Gasteiger partial charge in [0.05, 0.1) is 0 Å². The Morgan fingerprint density at radius 3 is 2.52 bits per heavy atom. The van der Waals surface area contributed by atoms with Gasteiger partial charge in [-0.15, -0.1) is 0 Å². The number of hydrogen-bond acceptors (Lipinski definition) is 2. The van der Waals surface area contributed by atoms with Crippen LogP contribution in [0.2, 0.25) is 0 Å². The minimum absolute atomic E-state index is 0.378. The van der Waals surface area contributed by atoms with Gasteiger partial charge in [-0.05, 0) is 68.0 Å². The molecular weight excluding hydrogens is 258 g/mol. The van der Waals surface area contributed by atoms with E-state index in [1.165, 1.54) is 44.1 Å². The Morgan fingerprint density at radius 2 is 1.81 bits per heavy atom. The molecule has 2 aliphatic rings. The van der Waals surface area contributed by atoms with Crippen molar-refractivity contribution in [3.63, 3.8) is 0 Å². The number of aryl methyl sites for hydroxylation is 1. The van der Waals surface area contributed by atoms with Gasteiger partial charge in [-0.2, -0.15) is 0 Å². The quantitative estimate of drug-likeness (QED) is 0.867. The van der Waals surface area contributed by atoms with Crippen LogP contribution in [0.1, 0.15) is 55.6 Å². The zero-order valence-electron chi connectivity index (χ0n) is 13.2. The lowest BCUT2D eigenvalue weighted by Crippen LogP contribution is -2.44. The van der Waals surface area contributed by atoms with Crippen molar-refractivity contribution in [1.82, 2.24) is 5.32 Å². The molecule has 2 aliphatic carbocycles. The molecular formula is C19H29NO. The van der Waals surface area contributed by atoms with Crippen LogP contribution in [0.3, 0.4) is 0 Å². The Kier molecular flexibility index (Phi) is 4.97. The number of rotatable bonds is 5. The predicted molar refractivity (Wildman–Crippen MR) is 87.5 cm³/mol. The van der Waals surface area contributed by atoms with Crippen molar-refractivity contribution in [2.45, 2.75) is 57.4 Å². The average molecular weight is 287 g/mol. The predicted octanol–water partition coefficient (Wildman–Crippen LogP) is 3.63. The monoisotopic (exact) mass is 287 g/mol. The molecule has 1 aromatic carbocycles. The van der Waals surface area contributed by atoms with Crippen molar-refractivity contribution in [1.29, 1.82) is 0 Å². The van der Waals surface area contributed by atoms with E-state index >= 15 is 0 Å². The molecule has 116 valence electrons. The van der Waals surface area contributed by atoms with E-state index in [1.807, 2.05) is 0 Å². The normalized spacial score (nSPS) is 32.7. The lowest BCUT2D eigenvalue weighted by molar-refractivity contribution is 0.126. The van der Waals surface area contributed by atoms with Crippen LogP contribution in [-0.2, 0) is 0 Å². The zero-order valence-corrected chi connectivity index (χ0v) is 13.2. The molecule has 0 bridgehead atoms. The average Bonchev–Trinajstić information content (AvgIpc) is 2.47. The Labute approximate surface area is 129 Å². The summed E-state index contributed by atoms with van der Waals surface area (Å²) in [6.45, 7) is 3.71. The van der Waals surface area contributed by atoms with Gasteiger partial charge in [-0.3, -0.25) is 0 Å². The highest BCUT2D eigenvalue weighted by atomic mass is 16.3. The van der Waals surface area contributed by atoms with E-state index in [0.29, 0.717) is 24.5 Å². The first-order valence-corrected chi connectivity index (χ1v) is 8.67. The maximum atomic E-state index is 9.49. The van der Waals surface area contributed by atoms with Crippen molar-refractivity contribution in [2.24, 2.45) is 11.8 Å². The maximum absolute atomic E-state index is 9.49. The number of nitrogens with one attached hydrogen (secondary N) is 1. The van der Waals surface area contributed by atoms with Crippen molar-refractivity contribution < 1.29 is 5.11 Å². The van der Waals surface area contributed by atoms with Crippen molar-refractivity contribution in [3.05, 3.63) is 35.4 Å². The molecule has 2 unspecified atom stereocenters. The molecule has 2 fully saturated rings. The van der Waals surface area contributed by atoms with Gasteiger partial charge < -0.3 is 10.4 Å². The number of benzene rings is 1. The molecule has 3 rings (SSSR count). The molecule has 0 radical (unpaired) electrons. The Bertz CT molecular complexity index is 453. The summed E-state index contributed by atoms with van der Waals surface area (Å²) in [5.74, 6) is 1.99. The number of hydrogen-bond donors (Lipinski definition) is 2. The van der Waals surface area contributed by atoms with Crippen molar-refractivity contribution in [3.8, 4) is 0 Å². The van der Waals surface area contributed by atoms with Crippen LogP contribution in [0.15, 0.2) is 24.3 Å². The van der Waals surface area contributed by atoms with Crippen LogP contribution in [0.5, 0.6) is 0 Å². The third-order valence-corrected chi connectivity index (χ3v) is 5.74. The second kappa shape index (κ2) is 6.93. The van der Waals surface area contributed by atoms with Gasteiger partial charge in [-0.1, -0.05) is 37.1 Å². The Balaban J connectivity index is 1.44. The Morgan fingerprint density at radius 1 is 1.10 bits per heavy atom. The zero-order chi connectivity index (χ0) is 14.7. The van der Waals surface area contributed by atoms with Gasteiger partial charge in [0.1, 0.15) is 0 Å². The molecule has 2 saturated carbocycles. The highest BCUT2D eigenvalue weighted by molar-refractivity contribution is 5.31. The first kappa shape index (κ1) is 15.1. The van der Waals surface area contributed by atoms with Crippen LogP contribution in [0.25, 0.3) is 0 Å². The number of aliphatic hydroxyl groups excluding tert-OH is 1. The summed E-state index contributed by atoms with van der Waals surface area (Å²) in [6.07, 6.45) is 7.73. The highest BCUT2D eigenvalue weighted by Crippen LogP contribution is 2.38. The van der Waals surface area contributed by atoms with E-state index in [1.54, 1.807) is 5.56 Å². The fraction of sp³-hybridized carbons (Fsp3) is 0.684. The smallest absolute Gasteiger partial charge is 0.0462 e. The molecule has 2 atom stereocenters.